The molecule has 0 bridgehead atoms. The predicted molar refractivity (Wildman–Crippen MR) is 79.2 cm³/mol. The minimum Gasteiger partial charge on any atom is 0 e. The number of hydrogen-bond acceptors (Lipinski definition) is 1. The first-order chi connectivity index (χ1) is 10.7. The quantitative estimate of drug-likeness (QED) is 0.242. The predicted octanol–water partition coefficient (Wildman–Crippen LogP) is 3.62. The SMILES string of the molecule is C[CH][CH][CH][CH][C@H](C)CC(=O)c1ccccc1.[C-]#[O+].[C-]#[O+].[C-]#[O+].[Fe]. The molecular weight excluding hydrogens is 336 g/mol. The van der Waals surface area contributed by atoms with Gasteiger partial charge in [-0.3, -0.25) is 4.79 Å². The second-order valence-corrected chi connectivity index (χ2v) is 3.88. The van der Waals surface area contributed by atoms with Crippen LogP contribution in [0.2, 0.25) is 0 Å². The Hall–Kier alpha value is -1.37. The summed E-state index contributed by atoms with van der Waals surface area (Å²) in [7, 11) is 0. The minimum atomic E-state index is 0. The van der Waals surface area contributed by atoms with Crippen LogP contribution in [0.3, 0.4) is 0 Å². The first-order valence-electron chi connectivity index (χ1n) is 6.23. The zero-order valence-electron chi connectivity index (χ0n) is 13.0. The first-order valence-corrected chi connectivity index (χ1v) is 6.23. The molecule has 0 saturated carbocycles. The summed E-state index contributed by atoms with van der Waals surface area (Å²) in [5.74, 6) is 0.488. The van der Waals surface area contributed by atoms with Crippen molar-refractivity contribution in [3.05, 3.63) is 81.5 Å². The Bertz CT molecular complexity index is 409. The van der Waals surface area contributed by atoms with Gasteiger partial charge in [0, 0.05) is 29.1 Å². The van der Waals surface area contributed by atoms with Crippen LogP contribution in [-0.4, -0.2) is 5.78 Å². The number of Topliss-reactive ketones (excluding diaryl/α,β-unsaturated/α-hetero) is 1. The second kappa shape index (κ2) is 25.6. The van der Waals surface area contributed by atoms with Gasteiger partial charge in [0.25, 0.3) is 0 Å². The van der Waals surface area contributed by atoms with Crippen LogP contribution < -0.4 is 0 Å². The summed E-state index contributed by atoms with van der Waals surface area (Å²) >= 11 is 0. The van der Waals surface area contributed by atoms with Gasteiger partial charge in [-0.1, -0.05) is 44.2 Å². The maximum atomic E-state index is 11.8. The fourth-order valence-corrected chi connectivity index (χ4v) is 1.47. The summed E-state index contributed by atoms with van der Waals surface area (Å²) in [4.78, 5) is 11.8. The van der Waals surface area contributed by atoms with E-state index in [1.54, 1.807) is 0 Å². The molecule has 0 aliphatic heterocycles. The number of carbonyl (C=O) groups is 1. The third kappa shape index (κ3) is 18.6. The fourth-order valence-electron chi connectivity index (χ4n) is 1.47. The Kier molecular flexibility index (Phi) is 32.9. The van der Waals surface area contributed by atoms with Crippen LogP contribution in [-0.2, 0) is 31.0 Å². The summed E-state index contributed by atoms with van der Waals surface area (Å²) in [5, 5.41) is 0. The van der Waals surface area contributed by atoms with Gasteiger partial charge in [0.05, 0.1) is 0 Å². The normalized spacial score (nSPS) is 8.87. The average molecular weight is 354 g/mol. The van der Waals surface area contributed by atoms with E-state index in [2.05, 4.69) is 33.3 Å². The van der Waals surface area contributed by atoms with E-state index in [0.29, 0.717) is 6.42 Å². The van der Waals surface area contributed by atoms with Gasteiger partial charge in [-0.15, -0.1) is 0 Å². The summed E-state index contributed by atoms with van der Waals surface area (Å²) in [5.41, 5.74) is 0.800. The molecule has 0 aromatic heterocycles. The van der Waals surface area contributed by atoms with E-state index in [9.17, 15) is 4.79 Å². The summed E-state index contributed by atoms with van der Waals surface area (Å²) in [6.45, 7) is 17.5. The molecule has 1 aromatic rings. The maximum Gasteiger partial charge on any atom is 0 e. The molecular formula is C18H18FeO4. The monoisotopic (exact) mass is 354 g/mol. The molecule has 4 radical (unpaired) electrons. The van der Waals surface area contributed by atoms with Gasteiger partial charge in [-0.25, -0.2) is 0 Å². The number of rotatable bonds is 7. The van der Waals surface area contributed by atoms with Crippen molar-refractivity contribution in [3.63, 3.8) is 0 Å². The van der Waals surface area contributed by atoms with Gasteiger partial charge in [0.15, 0.2) is 5.78 Å². The van der Waals surface area contributed by atoms with E-state index in [1.807, 2.05) is 56.5 Å². The van der Waals surface area contributed by atoms with Crippen LogP contribution in [0.1, 0.15) is 30.6 Å². The van der Waals surface area contributed by atoms with Gasteiger partial charge < -0.3 is 0 Å². The number of ketones is 1. The van der Waals surface area contributed by atoms with Crippen LogP contribution in [0.4, 0.5) is 0 Å². The third-order valence-corrected chi connectivity index (χ3v) is 2.35. The van der Waals surface area contributed by atoms with Gasteiger partial charge >= 0.3 is 33.9 Å². The summed E-state index contributed by atoms with van der Waals surface area (Å²) < 4.78 is 22.5. The molecule has 0 amide bonds. The Morgan fingerprint density at radius 3 is 1.96 bits per heavy atom. The largest absolute Gasteiger partial charge is 0 e. The summed E-state index contributed by atoms with van der Waals surface area (Å²) in [6, 6.07) is 9.45. The van der Waals surface area contributed by atoms with Gasteiger partial charge in [0.1, 0.15) is 0 Å². The van der Waals surface area contributed by atoms with E-state index >= 15 is 0 Å². The van der Waals surface area contributed by atoms with Crippen LogP contribution >= 0.6 is 0 Å². The standard InChI is InChI=1S/C15H18O.3CO.Fe/c1-3-4-6-9-13(2)12-15(16)14-10-7-5-8-11-14;3*1-2;/h3-11,13H,12H2,1-2H3;;;;/t13-;;;;/m0..../s1. The smallest absolute Gasteiger partial charge is 0 e. The molecule has 0 saturated heterocycles. The van der Waals surface area contributed by atoms with Crippen LogP contribution in [0.15, 0.2) is 30.3 Å². The molecule has 0 unspecified atom stereocenters. The number of carbonyl (C=O) groups excluding carboxylic acids is 1. The third-order valence-electron chi connectivity index (χ3n) is 2.35. The van der Waals surface area contributed by atoms with Crippen molar-refractivity contribution in [3.8, 4) is 0 Å². The average Bonchev–Trinajstić information content (AvgIpc) is 2.61. The molecule has 0 spiro atoms. The van der Waals surface area contributed by atoms with Crippen molar-refractivity contribution >= 4 is 5.78 Å². The number of unbranched alkanes of at least 4 members (excludes halogenated alkanes) is 2. The molecule has 0 N–H and O–H groups in total. The second-order valence-electron chi connectivity index (χ2n) is 3.88. The van der Waals surface area contributed by atoms with Crippen molar-refractivity contribution in [1.29, 1.82) is 0 Å². The zero-order valence-corrected chi connectivity index (χ0v) is 14.1. The molecule has 1 aromatic carbocycles. The molecule has 0 fully saturated rings. The van der Waals surface area contributed by atoms with Crippen LogP contribution in [0.5, 0.6) is 0 Å². The molecule has 23 heavy (non-hydrogen) atoms. The van der Waals surface area contributed by atoms with Crippen LogP contribution in [0.25, 0.3) is 0 Å². The topological polar surface area (TPSA) is 76.8 Å². The molecule has 1 rings (SSSR count). The van der Waals surface area contributed by atoms with E-state index in [4.69, 9.17) is 14.0 Å². The molecule has 122 valence electrons. The van der Waals surface area contributed by atoms with Crippen molar-refractivity contribution in [2.75, 3.05) is 0 Å². The van der Waals surface area contributed by atoms with Crippen molar-refractivity contribution in [2.24, 2.45) is 5.92 Å². The van der Waals surface area contributed by atoms with Crippen LogP contribution in [0, 0.1) is 51.6 Å². The van der Waals surface area contributed by atoms with Crippen molar-refractivity contribution in [1.82, 2.24) is 0 Å². The summed E-state index contributed by atoms with van der Waals surface area (Å²) in [6.07, 6.45) is 8.56. The first kappa shape index (κ1) is 29.6. The van der Waals surface area contributed by atoms with E-state index in [-0.39, 0.29) is 28.8 Å². The van der Waals surface area contributed by atoms with Crippen molar-refractivity contribution < 1.29 is 35.8 Å². The van der Waals surface area contributed by atoms with E-state index in [1.165, 1.54) is 0 Å². The Morgan fingerprint density at radius 2 is 1.52 bits per heavy atom. The Labute approximate surface area is 149 Å². The number of benzene rings is 1. The van der Waals surface area contributed by atoms with E-state index in [0.717, 1.165) is 5.56 Å². The molecule has 4 nitrogen and oxygen atoms in total. The molecule has 0 heterocycles. The molecule has 1 atom stereocenters. The number of hydrogen-bond donors (Lipinski definition) is 0. The maximum absolute atomic E-state index is 11.8. The van der Waals surface area contributed by atoms with Gasteiger partial charge in [0.2, 0.25) is 0 Å². The molecule has 0 aliphatic rings. The Morgan fingerprint density at radius 1 is 1.04 bits per heavy atom. The fraction of sp³-hybridized carbons (Fsp3) is 0.222. The van der Waals surface area contributed by atoms with Crippen molar-refractivity contribution in [2.45, 2.75) is 20.3 Å². The van der Waals surface area contributed by atoms with Gasteiger partial charge in [-0.2, -0.15) is 0 Å². The molecule has 0 aliphatic carbocycles. The zero-order chi connectivity index (χ0) is 17.8. The Balaban J connectivity index is -0.000000231. The minimum absolute atomic E-state index is 0. The molecule has 5 heteroatoms. The van der Waals surface area contributed by atoms with Gasteiger partial charge in [-0.05, 0) is 31.6 Å². The van der Waals surface area contributed by atoms with E-state index < -0.39 is 0 Å².